The van der Waals surface area contributed by atoms with Gasteiger partial charge in [-0.05, 0) is 18.2 Å². The van der Waals surface area contributed by atoms with Crippen molar-refractivity contribution in [1.82, 2.24) is 4.98 Å². The Kier molecular flexibility index (Phi) is 4.34. The summed E-state index contributed by atoms with van der Waals surface area (Å²) in [7, 11) is 0. The van der Waals surface area contributed by atoms with Crippen molar-refractivity contribution in [2.24, 2.45) is 0 Å². The predicted octanol–water partition coefficient (Wildman–Crippen LogP) is 4.23. The number of benzene rings is 2. The van der Waals surface area contributed by atoms with Crippen LogP contribution >= 0.6 is 11.3 Å². The van der Waals surface area contributed by atoms with E-state index in [9.17, 15) is 9.18 Å². The van der Waals surface area contributed by atoms with E-state index in [-0.39, 0.29) is 18.1 Å². The van der Waals surface area contributed by atoms with Crippen molar-refractivity contribution < 1.29 is 19.0 Å². The third-order valence-corrected chi connectivity index (χ3v) is 4.05. The molecule has 0 saturated carbocycles. The van der Waals surface area contributed by atoms with Crippen LogP contribution in [0.5, 0.6) is 5.75 Å². The fourth-order valence-electron chi connectivity index (χ4n) is 2.00. The second-order valence-corrected chi connectivity index (χ2v) is 5.61. The van der Waals surface area contributed by atoms with Gasteiger partial charge in [0, 0.05) is 16.5 Å². The summed E-state index contributed by atoms with van der Waals surface area (Å²) in [5.41, 5.74) is 1.25. The number of carbonyl (C=O) groups is 1. The Hall–Kier alpha value is -2.73. The second kappa shape index (κ2) is 6.58. The Morgan fingerprint density at radius 3 is 2.78 bits per heavy atom. The number of carboxylic acid groups (broad SMARTS) is 1. The number of thiazole rings is 1. The first kappa shape index (κ1) is 15.2. The zero-order chi connectivity index (χ0) is 16.2. The summed E-state index contributed by atoms with van der Waals surface area (Å²) >= 11 is 1.25. The third-order valence-electron chi connectivity index (χ3n) is 3.16. The number of aromatic nitrogens is 1. The van der Waals surface area contributed by atoms with Crippen LogP contribution in [0.1, 0.15) is 16.1 Å². The largest absolute Gasteiger partial charge is 0.489 e. The summed E-state index contributed by atoms with van der Waals surface area (Å²) in [5.74, 6) is -0.799. The maximum absolute atomic E-state index is 13.6. The third kappa shape index (κ3) is 3.54. The highest BCUT2D eigenvalue weighted by Gasteiger charge is 2.11. The molecule has 6 heteroatoms. The van der Waals surface area contributed by atoms with Crippen molar-refractivity contribution in [2.45, 2.75) is 6.61 Å². The average Bonchev–Trinajstić information content (AvgIpc) is 3.05. The van der Waals surface area contributed by atoms with E-state index in [1.54, 1.807) is 36.4 Å². The highest BCUT2D eigenvalue weighted by Crippen LogP contribution is 2.27. The fraction of sp³-hybridized carbons (Fsp3) is 0.0588. The molecule has 0 aliphatic carbocycles. The molecule has 0 spiro atoms. The predicted molar refractivity (Wildman–Crippen MR) is 85.2 cm³/mol. The second-order valence-electron chi connectivity index (χ2n) is 4.75. The van der Waals surface area contributed by atoms with Crippen LogP contribution in [-0.4, -0.2) is 16.1 Å². The van der Waals surface area contributed by atoms with Gasteiger partial charge in [0.25, 0.3) is 0 Å². The van der Waals surface area contributed by atoms with E-state index < -0.39 is 5.97 Å². The Morgan fingerprint density at radius 1 is 1.22 bits per heavy atom. The Labute approximate surface area is 135 Å². The first-order valence-electron chi connectivity index (χ1n) is 6.79. The van der Waals surface area contributed by atoms with Gasteiger partial charge in [0.1, 0.15) is 23.2 Å². The topological polar surface area (TPSA) is 59.4 Å². The molecule has 1 N–H and O–H groups in total. The molecule has 0 unspecified atom stereocenters. The molecule has 0 bridgehead atoms. The molecule has 23 heavy (non-hydrogen) atoms. The lowest BCUT2D eigenvalue weighted by Gasteiger charge is -2.08. The van der Waals surface area contributed by atoms with Gasteiger partial charge in [-0.2, -0.15) is 0 Å². The summed E-state index contributed by atoms with van der Waals surface area (Å²) in [4.78, 5) is 14.9. The van der Waals surface area contributed by atoms with Gasteiger partial charge in [0.2, 0.25) is 0 Å². The maximum atomic E-state index is 13.6. The van der Waals surface area contributed by atoms with Gasteiger partial charge in [-0.25, -0.2) is 14.2 Å². The summed E-state index contributed by atoms with van der Waals surface area (Å²) < 4.78 is 19.2. The standard InChI is InChI=1S/C17H12FNO3S/c18-14-7-2-1-4-12(14)9-22-13-6-3-5-11(8-13)16-19-15(10-23-16)17(20)21/h1-8,10H,9H2,(H,20,21). The molecule has 2 aromatic carbocycles. The minimum Gasteiger partial charge on any atom is -0.489 e. The van der Waals surface area contributed by atoms with Crippen molar-refractivity contribution in [3.05, 3.63) is 71.0 Å². The minimum absolute atomic E-state index is 0.0164. The lowest BCUT2D eigenvalue weighted by atomic mass is 10.2. The van der Waals surface area contributed by atoms with Crippen LogP contribution in [0.25, 0.3) is 10.6 Å². The van der Waals surface area contributed by atoms with Gasteiger partial charge in [0.05, 0.1) is 0 Å². The highest BCUT2D eigenvalue weighted by molar-refractivity contribution is 7.13. The van der Waals surface area contributed by atoms with E-state index in [1.807, 2.05) is 6.07 Å². The molecule has 116 valence electrons. The van der Waals surface area contributed by atoms with Gasteiger partial charge in [0.15, 0.2) is 5.69 Å². The van der Waals surface area contributed by atoms with Gasteiger partial charge in [-0.3, -0.25) is 0 Å². The number of carboxylic acids is 1. The number of hydrogen-bond acceptors (Lipinski definition) is 4. The lowest BCUT2D eigenvalue weighted by Crippen LogP contribution is -1.98. The van der Waals surface area contributed by atoms with Crippen molar-refractivity contribution in [2.75, 3.05) is 0 Å². The Balaban J connectivity index is 1.77. The van der Waals surface area contributed by atoms with Gasteiger partial charge < -0.3 is 9.84 Å². The van der Waals surface area contributed by atoms with E-state index in [2.05, 4.69) is 4.98 Å². The smallest absolute Gasteiger partial charge is 0.355 e. The summed E-state index contributed by atoms with van der Waals surface area (Å²) in [6, 6.07) is 13.6. The number of nitrogens with zero attached hydrogens (tertiary/aromatic N) is 1. The van der Waals surface area contributed by atoms with E-state index in [4.69, 9.17) is 9.84 Å². The summed E-state index contributed by atoms with van der Waals surface area (Å²) in [6.07, 6.45) is 0. The van der Waals surface area contributed by atoms with Crippen LogP contribution in [0, 0.1) is 5.82 Å². The molecule has 0 atom stereocenters. The molecule has 0 saturated heterocycles. The normalized spacial score (nSPS) is 10.5. The van der Waals surface area contributed by atoms with E-state index >= 15 is 0 Å². The lowest BCUT2D eigenvalue weighted by molar-refractivity contribution is 0.0691. The molecular weight excluding hydrogens is 317 g/mol. The molecule has 1 aromatic heterocycles. The molecule has 4 nitrogen and oxygen atoms in total. The SMILES string of the molecule is O=C(O)c1csc(-c2cccc(OCc3ccccc3F)c2)n1. The quantitative estimate of drug-likeness (QED) is 0.761. The van der Waals surface area contributed by atoms with Crippen molar-refractivity contribution in [1.29, 1.82) is 0 Å². The number of halogens is 1. The van der Waals surface area contributed by atoms with Gasteiger partial charge in [-0.15, -0.1) is 11.3 Å². The minimum atomic E-state index is -1.06. The molecule has 3 aromatic rings. The van der Waals surface area contributed by atoms with E-state index in [0.29, 0.717) is 16.3 Å². The van der Waals surface area contributed by atoms with Crippen LogP contribution in [-0.2, 0) is 6.61 Å². The maximum Gasteiger partial charge on any atom is 0.355 e. The van der Waals surface area contributed by atoms with E-state index in [1.165, 1.54) is 22.8 Å². The molecule has 0 radical (unpaired) electrons. The number of hydrogen-bond donors (Lipinski definition) is 1. The number of aromatic carboxylic acids is 1. The molecule has 0 aliphatic heterocycles. The molecular formula is C17H12FNO3S. The molecule has 0 amide bonds. The van der Waals surface area contributed by atoms with Gasteiger partial charge >= 0.3 is 5.97 Å². The fourth-order valence-corrected chi connectivity index (χ4v) is 2.79. The molecule has 0 fully saturated rings. The van der Waals surface area contributed by atoms with E-state index in [0.717, 1.165) is 5.56 Å². The van der Waals surface area contributed by atoms with Crippen molar-refractivity contribution in [3.63, 3.8) is 0 Å². The Morgan fingerprint density at radius 2 is 2.04 bits per heavy atom. The zero-order valence-electron chi connectivity index (χ0n) is 11.9. The molecule has 0 aliphatic rings. The average molecular weight is 329 g/mol. The van der Waals surface area contributed by atoms with Crippen molar-refractivity contribution >= 4 is 17.3 Å². The summed E-state index contributed by atoms with van der Waals surface area (Å²) in [5, 5.41) is 11.0. The van der Waals surface area contributed by atoms with Crippen LogP contribution in [0.3, 0.4) is 0 Å². The zero-order valence-corrected chi connectivity index (χ0v) is 12.7. The Bertz CT molecular complexity index is 847. The number of rotatable bonds is 5. The monoisotopic (exact) mass is 329 g/mol. The van der Waals surface area contributed by atoms with Gasteiger partial charge in [-0.1, -0.05) is 30.3 Å². The van der Waals surface area contributed by atoms with Crippen LogP contribution in [0.4, 0.5) is 4.39 Å². The van der Waals surface area contributed by atoms with Crippen LogP contribution < -0.4 is 4.74 Å². The summed E-state index contributed by atoms with van der Waals surface area (Å²) in [6.45, 7) is 0.119. The van der Waals surface area contributed by atoms with Crippen LogP contribution in [0.2, 0.25) is 0 Å². The number of ether oxygens (including phenoxy) is 1. The van der Waals surface area contributed by atoms with Crippen molar-refractivity contribution in [3.8, 4) is 16.3 Å². The first-order chi connectivity index (χ1) is 11.1. The first-order valence-corrected chi connectivity index (χ1v) is 7.67. The highest BCUT2D eigenvalue weighted by atomic mass is 32.1. The van der Waals surface area contributed by atoms with Crippen LogP contribution in [0.15, 0.2) is 53.9 Å². The molecule has 1 heterocycles. The molecule has 3 rings (SSSR count).